The van der Waals surface area contributed by atoms with Gasteiger partial charge in [-0.05, 0) is 43.3 Å². The van der Waals surface area contributed by atoms with Gasteiger partial charge in [0.15, 0.2) is 0 Å². The number of nitrogens with zero attached hydrogens (tertiary/aromatic N) is 1. The zero-order chi connectivity index (χ0) is 24.7. The van der Waals surface area contributed by atoms with Gasteiger partial charge in [0, 0.05) is 22.8 Å². The Labute approximate surface area is 192 Å². The maximum absolute atomic E-state index is 13.5. The number of para-hydroxylation sites is 1. The molecule has 0 aliphatic heterocycles. The van der Waals surface area contributed by atoms with Gasteiger partial charge in [-0.3, -0.25) is 4.79 Å². The molecular weight excluding hydrogens is 472 g/mol. The molecule has 0 aliphatic rings. The minimum Gasteiger partial charge on any atom is -0.337 e. The third-order valence-electron chi connectivity index (χ3n) is 5.24. The minimum absolute atomic E-state index is 0.000827. The van der Waals surface area contributed by atoms with Crippen molar-refractivity contribution in [3.63, 3.8) is 0 Å². The number of anilines is 1. The Bertz CT molecular complexity index is 1490. The Kier molecular flexibility index (Phi) is 5.94. The number of benzene rings is 3. The number of hydrogen-bond acceptors (Lipinski definition) is 3. The summed E-state index contributed by atoms with van der Waals surface area (Å²) >= 11 is 0. The Hall–Kier alpha value is -3.66. The molecule has 0 saturated heterocycles. The van der Waals surface area contributed by atoms with Crippen molar-refractivity contribution in [2.45, 2.75) is 29.4 Å². The molecule has 5 nitrogen and oxygen atoms in total. The van der Waals surface area contributed by atoms with Crippen LogP contribution in [-0.2, 0) is 27.4 Å². The summed E-state index contributed by atoms with van der Waals surface area (Å²) < 4.78 is 80.3. The van der Waals surface area contributed by atoms with E-state index in [2.05, 4.69) is 5.32 Å². The van der Waals surface area contributed by atoms with E-state index in [0.29, 0.717) is 23.0 Å². The molecule has 4 rings (SSSR count). The number of sulfone groups is 1. The second-order valence-electron chi connectivity index (χ2n) is 7.70. The van der Waals surface area contributed by atoms with E-state index in [-0.39, 0.29) is 22.0 Å². The van der Waals surface area contributed by atoms with Crippen LogP contribution >= 0.6 is 0 Å². The van der Waals surface area contributed by atoms with Gasteiger partial charge in [-0.2, -0.15) is 13.2 Å². The fraction of sp³-hybridized carbons (Fsp3) is 0.125. The monoisotopic (exact) mass is 490 g/mol. The normalized spacial score (nSPS) is 12.1. The smallest absolute Gasteiger partial charge is 0.337 e. The van der Waals surface area contributed by atoms with E-state index in [1.165, 1.54) is 22.9 Å². The van der Waals surface area contributed by atoms with Crippen molar-refractivity contribution in [1.82, 2.24) is 4.57 Å². The maximum Gasteiger partial charge on any atom is 0.419 e. The fourth-order valence-corrected chi connectivity index (χ4v) is 5.05. The van der Waals surface area contributed by atoms with E-state index in [1.807, 2.05) is 6.92 Å². The number of rotatable bonds is 5. The lowest BCUT2D eigenvalue weighted by molar-refractivity contribution is -0.140. The molecule has 0 bridgehead atoms. The van der Waals surface area contributed by atoms with Gasteiger partial charge in [-0.15, -0.1) is 0 Å². The second kappa shape index (κ2) is 8.60. The first-order chi connectivity index (χ1) is 16.0. The van der Waals surface area contributed by atoms with Crippen LogP contribution < -0.4 is 5.32 Å². The molecule has 4 aromatic rings. The van der Waals surface area contributed by atoms with Gasteiger partial charge in [0.05, 0.1) is 15.4 Å². The average molecular weight is 490 g/mol. The highest BCUT2D eigenvalue weighted by molar-refractivity contribution is 7.91. The van der Waals surface area contributed by atoms with E-state index >= 15 is 0 Å². The number of aryl methyl sites for hydroxylation is 1. The molecule has 0 atom stereocenters. The van der Waals surface area contributed by atoms with Crippen molar-refractivity contribution in [3.05, 3.63) is 89.9 Å². The predicted molar refractivity (Wildman–Crippen MR) is 119 cm³/mol. The summed E-state index contributed by atoms with van der Waals surface area (Å²) in [5.74, 6) is -2.16. The van der Waals surface area contributed by atoms with E-state index in [9.17, 15) is 30.8 Å². The molecular formula is C24H18F4N2O3S. The van der Waals surface area contributed by atoms with Crippen molar-refractivity contribution < 1.29 is 30.8 Å². The Morgan fingerprint density at radius 2 is 1.68 bits per heavy atom. The summed E-state index contributed by atoms with van der Waals surface area (Å²) in [4.78, 5) is 12.7. The molecule has 1 N–H and O–H groups in total. The van der Waals surface area contributed by atoms with Crippen LogP contribution in [0.25, 0.3) is 10.9 Å². The molecule has 0 saturated carbocycles. The summed E-state index contributed by atoms with van der Waals surface area (Å²) in [6.07, 6.45) is -3.59. The van der Waals surface area contributed by atoms with Gasteiger partial charge >= 0.3 is 6.18 Å². The van der Waals surface area contributed by atoms with Gasteiger partial charge in [-0.25, -0.2) is 12.8 Å². The molecule has 176 valence electrons. The summed E-state index contributed by atoms with van der Waals surface area (Å²) in [6.45, 7) is 1.46. The van der Waals surface area contributed by atoms with Gasteiger partial charge in [0.2, 0.25) is 15.7 Å². The zero-order valence-electron chi connectivity index (χ0n) is 17.7. The lowest BCUT2D eigenvalue weighted by Gasteiger charge is -2.11. The topological polar surface area (TPSA) is 68.2 Å². The number of halogens is 4. The van der Waals surface area contributed by atoms with Crippen LogP contribution in [0, 0.1) is 12.7 Å². The number of aromatic nitrogens is 1. The third kappa shape index (κ3) is 4.54. The van der Waals surface area contributed by atoms with Crippen molar-refractivity contribution in [1.29, 1.82) is 0 Å². The molecule has 0 spiro atoms. The number of amides is 1. The first-order valence-corrected chi connectivity index (χ1v) is 11.5. The SMILES string of the molecule is Cc1ccc(S(=O)(=O)c2cn(CC(=O)Nc3ccc(F)c(C(F)(F)F)c3)c3ccccc23)cc1. The number of fused-ring (bicyclic) bond motifs is 1. The van der Waals surface area contributed by atoms with E-state index in [4.69, 9.17) is 0 Å². The second-order valence-corrected chi connectivity index (χ2v) is 9.61. The van der Waals surface area contributed by atoms with Crippen LogP contribution in [-0.4, -0.2) is 18.9 Å². The zero-order valence-corrected chi connectivity index (χ0v) is 18.5. The molecule has 34 heavy (non-hydrogen) atoms. The highest BCUT2D eigenvalue weighted by Gasteiger charge is 2.34. The number of carbonyl (C=O) groups is 1. The maximum atomic E-state index is 13.5. The van der Waals surface area contributed by atoms with Crippen LogP contribution in [0.15, 0.2) is 82.7 Å². The molecule has 0 unspecified atom stereocenters. The lowest BCUT2D eigenvalue weighted by Crippen LogP contribution is -2.19. The predicted octanol–water partition coefficient (Wildman–Crippen LogP) is 5.58. The molecule has 0 fully saturated rings. The van der Waals surface area contributed by atoms with Crippen LogP contribution in [0.5, 0.6) is 0 Å². The number of hydrogen-bond donors (Lipinski definition) is 1. The molecule has 0 radical (unpaired) electrons. The van der Waals surface area contributed by atoms with Gasteiger partial charge in [0.1, 0.15) is 12.4 Å². The molecule has 0 aliphatic carbocycles. The average Bonchev–Trinajstić information content (AvgIpc) is 3.14. The number of alkyl halides is 3. The largest absolute Gasteiger partial charge is 0.419 e. The van der Waals surface area contributed by atoms with Gasteiger partial charge in [-0.1, -0.05) is 35.9 Å². The minimum atomic E-state index is -4.92. The molecule has 3 aromatic carbocycles. The van der Waals surface area contributed by atoms with Crippen LogP contribution in [0.4, 0.5) is 23.2 Å². The van der Waals surface area contributed by atoms with E-state index in [1.54, 1.807) is 36.4 Å². The van der Waals surface area contributed by atoms with Crippen molar-refractivity contribution in [2.75, 3.05) is 5.32 Å². The van der Waals surface area contributed by atoms with Gasteiger partial charge < -0.3 is 9.88 Å². The molecule has 1 aromatic heterocycles. The third-order valence-corrected chi connectivity index (χ3v) is 7.04. The highest BCUT2D eigenvalue weighted by Crippen LogP contribution is 2.33. The first-order valence-electron chi connectivity index (χ1n) is 10.0. The van der Waals surface area contributed by atoms with E-state index < -0.39 is 33.3 Å². The van der Waals surface area contributed by atoms with Gasteiger partial charge in [0.25, 0.3) is 0 Å². The van der Waals surface area contributed by atoms with Crippen molar-refractivity contribution in [2.24, 2.45) is 0 Å². The van der Waals surface area contributed by atoms with Crippen LogP contribution in [0.1, 0.15) is 11.1 Å². The van der Waals surface area contributed by atoms with Crippen LogP contribution in [0.2, 0.25) is 0 Å². The Morgan fingerprint density at radius 3 is 2.35 bits per heavy atom. The highest BCUT2D eigenvalue weighted by atomic mass is 32.2. The standard InChI is InChI=1S/C24H18F4N2O3S/c1-15-6-9-17(10-7-15)34(32,33)22-13-30(21-5-3-2-4-18(21)22)14-23(31)29-16-8-11-20(25)19(12-16)24(26,27)28/h2-13H,14H2,1H3,(H,29,31). The number of carbonyl (C=O) groups excluding carboxylic acids is 1. The Balaban J connectivity index is 1.66. The summed E-state index contributed by atoms with van der Waals surface area (Å²) in [7, 11) is -3.90. The quantitative estimate of drug-likeness (QED) is 0.372. The fourth-order valence-electron chi connectivity index (χ4n) is 3.58. The van der Waals surface area contributed by atoms with Crippen molar-refractivity contribution in [3.8, 4) is 0 Å². The summed E-state index contributed by atoms with van der Waals surface area (Å²) in [5, 5.41) is 2.70. The molecule has 1 amide bonds. The first kappa shape index (κ1) is 23.5. The number of nitrogens with one attached hydrogen (secondary N) is 1. The van der Waals surface area contributed by atoms with E-state index in [0.717, 1.165) is 11.6 Å². The van der Waals surface area contributed by atoms with Crippen molar-refractivity contribution >= 4 is 32.3 Å². The lowest BCUT2D eigenvalue weighted by atomic mass is 10.2. The Morgan fingerprint density at radius 1 is 1.00 bits per heavy atom. The molecule has 10 heteroatoms. The van der Waals surface area contributed by atoms with Crippen LogP contribution in [0.3, 0.4) is 0 Å². The summed E-state index contributed by atoms with van der Waals surface area (Å²) in [5.41, 5.74) is -0.378. The summed E-state index contributed by atoms with van der Waals surface area (Å²) in [6, 6.07) is 15.1. The molecule has 1 heterocycles.